The van der Waals surface area contributed by atoms with Gasteiger partial charge in [-0.05, 0) is 42.3 Å². The summed E-state index contributed by atoms with van der Waals surface area (Å²) in [5.41, 5.74) is 2.96. The van der Waals surface area contributed by atoms with Crippen molar-refractivity contribution in [3.05, 3.63) is 54.0 Å². The number of amides is 3. The van der Waals surface area contributed by atoms with Gasteiger partial charge in [0.25, 0.3) is 0 Å². The number of cyclic esters (lactones) is 1. The second-order valence-electron chi connectivity index (χ2n) is 7.21. The van der Waals surface area contributed by atoms with E-state index in [0.717, 1.165) is 16.5 Å². The molecule has 0 atom stereocenters. The Morgan fingerprint density at radius 3 is 2.84 bits per heavy atom. The third kappa shape index (κ3) is 4.25. The summed E-state index contributed by atoms with van der Waals surface area (Å²) in [7, 11) is 3.37. The van der Waals surface area contributed by atoms with Gasteiger partial charge in [0, 0.05) is 36.9 Å². The standard InChI is InChI=1S/C22H23FN4O4/c1-26-13-14(17-5-3-15(23)11-19(17)26)7-8-24-21(28)25-16-4-6-18(20(12-16)30-2)27-9-10-31-22(27)29/h3-6,11-13H,7-10H2,1-2H3,(H2,24,25,28). The Morgan fingerprint density at radius 1 is 1.26 bits per heavy atom. The predicted molar refractivity (Wildman–Crippen MR) is 115 cm³/mol. The lowest BCUT2D eigenvalue weighted by atomic mass is 10.1. The maximum Gasteiger partial charge on any atom is 0.414 e. The van der Waals surface area contributed by atoms with Crippen molar-refractivity contribution >= 4 is 34.4 Å². The molecule has 0 saturated carbocycles. The highest BCUT2D eigenvalue weighted by molar-refractivity contribution is 5.94. The van der Waals surface area contributed by atoms with Gasteiger partial charge in [0.1, 0.15) is 18.2 Å². The zero-order valence-electron chi connectivity index (χ0n) is 17.3. The first-order valence-electron chi connectivity index (χ1n) is 9.87. The summed E-state index contributed by atoms with van der Waals surface area (Å²) in [6, 6.07) is 9.38. The molecule has 1 aliphatic rings. The molecule has 1 saturated heterocycles. The van der Waals surface area contributed by atoms with Gasteiger partial charge in [-0.15, -0.1) is 0 Å². The largest absolute Gasteiger partial charge is 0.494 e. The molecule has 0 aliphatic carbocycles. The number of benzene rings is 2. The van der Waals surface area contributed by atoms with E-state index in [2.05, 4.69) is 10.6 Å². The highest BCUT2D eigenvalue weighted by Gasteiger charge is 2.26. The van der Waals surface area contributed by atoms with Crippen LogP contribution >= 0.6 is 0 Å². The molecular weight excluding hydrogens is 403 g/mol. The number of hydrogen-bond donors (Lipinski definition) is 2. The molecular formula is C22H23FN4O4. The van der Waals surface area contributed by atoms with E-state index < -0.39 is 6.09 Å². The molecule has 1 aromatic heterocycles. The molecule has 31 heavy (non-hydrogen) atoms. The predicted octanol–water partition coefficient (Wildman–Crippen LogP) is 3.65. The number of urea groups is 1. The molecule has 162 valence electrons. The van der Waals surface area contributed by atoms with Crippen LogP contribution in [0.5, 0.6) is 5.75 Å². The molecule has 0 spiro atoms. The van der Waals surface area contributed by atoms with E-state index in [9.17, 15) is 14.0 Å². The molecule has 1 fully saturated rings. The number of carbonyl (C=O) groups is 2. The van der Waals surface area contributed by atoms with E-state index in [1.54, 1.807) is 24.3 Å². The fourth-order valence-electron chi connectivity index (χ4n) is 3.72. The van der Waals surface area contributed by atoms with E-state index in [-0.39, 0.29) is 11.8 Å². The molecule has 1 aliphatic heterocycles. The topological polar surface area (TPSA) is 84.8 Å². The van der Waals surface area contributed by atoms with E-state index in [1.807, 2.05) is 17.8 Å². The van der Waals surface area contributed by atoms with Crippen LogP contribution < -0.4 is 20.3 Å². The van der Waals surface area contributed by atoms with Gasteiger partial charge < -0.3 is 24.7 Å². The summed E-state index contributed by atoms with van der Waals surface area (Å²) in [5, 5.41) is 6.55. The van der Waals surface area contributed by atoms with Crippen molar-refractivity contribution in [2.45, 2.75) is 6.42 Å². The zero-order chi connectivity index (χ0) is 22.0. The molecule has 2 N–H and O–H groups in total. The Bertz CT molecular complexity index is 1140. The first-order chi connectivity index (χ1) is 15.0. The molecule has 4 rings (SSSR count). The summed E-state index contributed by atoms with van der Waals surface area (Å²) in [6.07, 6.45) is 2.12. The SMILES string of the molecule is COc1cc(NC(=O)NCCc2cn(C)c3cc(F)ccc23)ccc1N1CCOC1=O. The average molecular weight is 426 g/mol. The zero-order valence-corrected chi connectivity index (χ0v) is 17.3. The molecule has 8 nitrogen and oxygen atoms in total. The van der Waals surface area contributed by atoms with Crippen LogP contribution in [0.3, 0.4) is 0 Å². The second-order valence-corrected chi connectivity index (χ2v) is 7.21. The number of hydrogen-bond acceptors (Lipinski definition) is 4. The fourth-order valence-corrected chi connectivity index (χ4v) is 3.72. The van der Waals surface area contributed by atoms with Gasteiger partial charge in [-0.2, -0.15) is 0 Å². The van der Waals surface area contributed by atoms with E-state index in [1.165, 1.54) is 24.1 Å². The Labute approximate surface area is 178 Å². The Morgan fingerprint density at radius 2 is 2.10 bits per heavy atom. The van der Waals surface area contributed by atoms with Crippen LogP contribution in [0.4, 0.5) is 25.4 Å². The number of fused-ring (bicyclic) bond motifs is 1. The number of nitrogens with zero attached hydrogens (tertiary/aromatic N) is 2. The van der Waals surface area contributed by atoms with E-state index >= 15 is 0 Å². The number of halogens is 1. The van der Waals surface area contributed by atoms with Crippen molar-refractivity contribution in [3.8, 4) is 5.75 Å². The number of anilines is 2. The van der Waals surface area contributed by atoms with Crippen LogP contribution in [0.15, 0.2) is 42.6 Å². The number of methoxy groups -OCH3 is 1. The highest BCUT2D eigenvalue weighted by Crippen LogP contribution is 2.33. The lowest BCUT2D eigenvalue weighted by molar-refractivity contribution is 0.181. The molecule has 0 unspecified atom stereocenters. The van der Waals surface area contributed by atoms with Crippen molar-refractivity contribution < 1.29 is 23.5 Å². The lowest BCUT2D eigenvalue weighted by Crippen LogP contribution is -2.30. The van der Waals surface area contributed by atoms with Gasteiger partial charge in [0.2, 0.25) is 0 Å². The third-order valence-electron chi connectivity index (χ3n) is 5.20. The number of nitrogens with one attached hydrogen (secondary N) is 2. The number of ether oxygens (including phenoxy) is 2. The summed E-state index contributed by atoms with van der Waals surface area (Å²) >= 11 is 0. The van der Waals surface area contributed by atoms with Gasteiger partial charge >= 0.3 is 12.1 Å². The number of aromatic nitrogens is 1. The van der Waals surface area contributed by atoms with Gasteiger partial charge in [-0.3, -0.25) is 4.90 Å². The monoisotopic (exact) mass is 426 g/mol. The normalized spacial score (nSPS) is 13.4. The highest BCUT2D eigenvalue weighted by atomic mass is 19.1. The molecule has 0 bridgehead atoms. The van der Waals surface area contributed by atoms with Gasteiger partial charge in [0.05, 0.1) is 24.9 Å². The van der Waals surface area contributed by atoms with E-state index in [4.69, 9.17) is 9.47 Å². The van der Waals surface area contributed by atoms with Crippen molar-refractivity contribution in [1.82, 2.24) is 9.88 Å². The van der Waals surface area contributed by atoms with Crippen molar-refractivity contribution in [3.63, 3.8) is 0 Å². The minimum atomic E-state index is -0.423. The van der Waals surface area contributed by atoms with Crippen molar-refractivity contribution in [2.24, 2.45) is 7.05 Å². The first-order valence-corrected chi connectivity index (χ1v) is 9.87. The number of rotatable bonds is 6. The summed E-state index contributed by atoms with van der Waals surface area (Å²) < 4.78 is 25.7. The maximum absolute atomic E-state index is 13.5. The summed E-state index contributed by atoms with van der Waals surface area (Å²) in [4.78, 5) is 25.6. The van der Waals surface area contributed by atoms with Crippen LogP contribution in [0.2, 0.25) is 0 Å². The molecule has 9 heteroatoms. The maximum atomic E-state index is 13.5. The summed E-state index contributed by atoms with van der Waals surface area (Å²) in [6.45, 7) is 1.19. The Kier molecular flexibility index (Phi) is 5.66. The Balaban J connectivity index is 1.36. The third-order valence-corrected chi connectivity index (χ3v) is 5.20. The summed E-state index contributed by atoms with van der Waals surface area (Å²) in [5.74, 6) is 0.181. The Hall–Kier alpha value is -3.75. The molecule has 2 heterocycles. The first kappa shape index (κ1) is 20.5. The molecule has 0 radical (unpaired) electrons. The number of aryl methyl sites for hydroxylation is 1. The van der Waals surface area contributed by atoms with Gasteiger partial charge in [-0.25, -0.2) is 14.0 Å². The lowest BCUT2D eigenvalue weighted by Gasteiger charge is -2.17. The van der Waals surface area contributed by atoms with Crippen LogP contribution in [-0.2, 0) is 18.2 Å². The average Bonchev–Trinajstić information content (AvgIpc) is 3.31. The van der Waals surface area contributed by atoms with Crippen molar-refractivity contribution in [1.29, 1.82) is 0 Å². The van der Waals surface area contributed by atoms with E-state index in [0.29, 0.717) is 43.2 Å². The number of carbonyl (C=O) groups excluding carboxylic acids is 2. The molecule has 2 aromatic carbocycles. The second kappa shape index (κ2) is 8.55. The minimum Gasteiger partial charge on any atom is -0.494 e. The van der Waals surface area contributed by atoms with Crippen LogP contribution in [0.1, 0.15) is 5.56 Å². The van der Waals surface area contributed by atoms with Crippen LogP contribution in [-0.4, -0.2) is 43.5 Å². The quantitative estimate of drug-likeness (QED) is 0.630. The van der Waals surface area contributed by atoms with Gasteiger partial charge in [-0.1, -0.05) is 0 Å². The van der Waals surface area contributed by atoms with Gasteiger partial charge in [0.15, 0.2) is 0 Å². The molecule has 3 amide bonds. The van der Waals surface area contributed by atoms with Crippen LogP contribution in [0, 0.1) is 5.82 Å². The minimum absolute atomic E-state index is 0.277. The van der Waals surface area contributed by atoms with Crippen molar-refractivity contribution in [2.75, 3.05) is 37.0 Å². The van der Waals surface area contributed by atoms with Crippen LogP contribution in [0.25, 0.3) is 10.9 Å². The smallest absolute Gasteiger partial charge is 0.414 e. The fraction of sp³-hybridized carbons (Fsp3) is 0.273. The molecule has 3 aromatic rings.